The Morgan fingerprint density at radius 3 is 1.55 bits per heavy atom. The zero-order valence-electron chi connectivity index (χ0n) is 13.2. The van der Waals surface area contributed by atoms with E-state index in [1.165, 1.54) is 26.2 Å². The van der Waals surface area contributed by atoms with Gasteiger partial charge in [-0.25, -0.2) is 0 Å². The van der Waals surface area contributed by atoms with Gasteiger partial charge in [0.05, 0.1) is 26.4 Å². The Morgan fingerprint density at radius 2 is 1.20 bits per heavy atom. The Morgan fingerprint density at radius 1 is 0.800 bits per heavy atom. The minimum atomic E-state index is 0.622. The fourth-order valence-corrected chi connectivity index (χ4v) is 2.82. The minimum Gasteiger partial charge on any atom is -0.379 e. The van der Waals surface area contributed by atoms with Crippen LogP contribution in [0.4, 0.5) is 0 Å². The van der Waals surface area contributed by atoms with E-state index in [4.69, 9.17) is 9.47 Å². The molecule has 0 unspecified atom stereocenters. The second-order valence-electron chi connectivity index (χ2n) is 6.04. The second-order valence-corrected chi connectivity index (χ2v) is 6.04. The van der Waals surface area contributed by atoms with Crippen LogP contribution in [-0.4, -0.2) is 99.5 Å². The van der Waals surface area contributed by atoms with Crippen LogP contribution in [0.3, 0.4) is 0 Å². The molecule has 2 heterocycles. The molecule has 20 heavy (non-hydrogen) atoms. The summed E-state index contributed by atoms with van der Waals surface area (Å²) in [7, 11) is 0. The Bertz CT molecular complexity index is 230. The smallest absolute Gasteiger partial charge is 0.0594 e. The van der Waals surface area contributed by atoms with E-state index >= 15 is 0 Å². The number of morpholine rings is 2. The van der Waals surface area contributed by atoms with E-state index in [9.17, 15) is 0 Å². The van der Waals surface area contributed by atoms with Gasteiger partial charge in [-0.2, -0.15) is 0 Å². The molecular formula is C15H31N3O2. The summed E-state index contributed by atoms with van der Waals surface area (Å²) in [5.41, 5.74) is 0. The van der Waals surface area contributed by atoms with Gasteiger partial charge in [0, 0.05) is 58.4 Å². The summed E-state index contributed by atoms with van der Waals surface area (Å²) in [6.45, 7) is 17.3. The van der Waals surface area contributed by atoms with Gasteiger partial charge >= 0.3 is 0 Å². The molecule has 2 aliphatic rings. The molecule has 2 saturated heterocycles. The first-order chi connectivity index (χ1) is 9.75. The Kier molecular flexibility index (Phi) is 7.24. The molecule has 0 spiro atoms. The van der Waals surface area contributed by atoms with E-state index in [0.29, 0.717) is 6.04 Å². The summed E-state index contributed by atoms with van der Waals surface area (Å²) in [6, 6.07) is 0.622. The van der Waals surface area contributed by atoms with E-state index in [-0.39, 0.29) is 0 Å². The first kappa shape index (κ1) is 16.2. The summed E-state index contributed by atoms with van der Waals surface area (Å²) in [5, 5.41) is 0. The summed E-state index contributed by atoms with van der Waals surface area (Å²) >= 11 is 0. The van der Waals surface area contributed by atoms with Gasteiger partial charge in [-0.1, -0.05) is 0 Å². The number of nitrogens with zero attached hydrogens (tertiary/aromatic N) is 3. The highest BCUT2D eigenvalue weighted by Crippen LogP contribution is 2.03. The molecule has 0 saturated carbocycles. The van der Waals surface area contributed by atoms with Crippen molar-refractivity contribution < 1.29 is 9.47 Å². The third kappa shape index (κ3) is 5.66. The predicted octanol–water partition coefficient (Wildman–Crippen LogP) is 0.361. The van der Waals surface area contributed by atoms with E-state index in [1.807, 2.05) is 0 Å². The normalized spacial score (nSPS) is 22.8. The molecule has 0 aromatic carbocycles. The Labute approximate surface area is 123 Å². The Hall–Kier alpha value is -0.200. The molecule has 118 valence electrons. The summed E-state index contributed by atoms with van der Waals surface area (Å²) < 4.78 is 10.8. The third-order valence-corrected chi connectivity index (χ3v) is 4.34. The highest BCUT2D eigenvalue weighted by molar-refractivity contribution is 4.71. The van der Waals surface area contributed by atoms with Crippen molar-refractivity contribution in [2.45, 2.75) is 19.9 Å². The molecule has 2 aliphatic heterocycles. The van der Waals surface area contributed by atoms with Gasteiger partial charge in [0.1, 0.15) is 0 Å². The van der Waals surface area contributed by atoms with Crippen LogP contribution in [0, 0.1) is 0 Å². The third-order valence-electron chi connectivity index (χ3n) is 4.34. The molecule has 0 atom stereocenters. The quantitative estimate of drug-likeness (QED) is 0.673. The molecule has 0 aromatic rings. The number of hydrogen-bond donors (Lipinski definition) is 0. The van der Waals surface area contributed by atoms with Crippen molar-refractivity contribution >= 4 is 0 Å². The maximum atomic E-state index is 5.41. The molecule has 2 rings (SSSR count). The van der Waals surface area contributed by atoms with Gasteiger partial charge in [0.25, 0.3) is 0 Å². The highest BCUT2D eigenvalue weighted by Gasteiger charge is 2.16. The molecular weight excluding hydrogens is 254 g/mol. The van der Waals surface area contributed by atoms with Gasteiger partial charge in [-0.15, -0.1) is 0 Å². The average molecular weight is 285 g/mol. The average Bonchev–Trinajstić information content (AvgIpc) is 2.49. The lowest BCUT2D eigenvalue weighted by Gasteiger charge is -2.34. The van der Waals surface area contributed by atoms with Crippen molar-refractivity contribution in [3.8, 4) is 0 Å². The van der Waals surface area contributed by atoms with Crippen molar-refractivity contribution in [3.05, 3.63) is 0 Å². The van der Waals surface area contributed by atoms with Crippen LogP contribution in [0.15, 0.2) is 0 Å². The minimum absolute atomic E-state index is 0.622. The fourth-order valence-electron chi connectivity index (χ4n) is 2.82. The lowest BCUT2D eigenvalue weighted by molar-refractivity contribution is 0.0230. The van der Waals surface area contributed by atoms with Gasteiger partial charge in [0.2, 0.25) is 0 Å². The number of ether oxygens (including phenoxy) is 2. The van der Waals surface area contributed by atoms with Crippen LogP contribution < -0.4 is 0 Å². The molecule has 0 amide bonds. The largest absolute Gasteiger partial charge is 0.379 e. The summed E-state index contributed by atoms with van der Waals surface area (Å²) in [5.74, 6) is 0. The van der Waals surface area contributed by atoms with Crippen molar-refractivity contribution in [2.24, 2.45) is 0 Å². The maximum Gasteiger partial charge on any atom is 0.0594 e. The van der Waals surface area contributed by atoms with Gasteiger partial charge in [-0.05, 0) is 13.8 Å². The van der Waals surface area contributed by atoms with Crippen LogP contribution in [0.1, 0.15) is 13.8 Å². The monoisotopic (exact) mass is 285 g/mol. The van der Waals surface area contributed by atoms with Crippen molar-refractivity contribution in [1.29, 1.82) is 0 Å². The first-order valence-corrected chi connectivity index (χ1v) is 8.10. The van der Waals surface area contributed by atoms with Crippen molar-refractivity contribution in [1.82, 2.24) is 14.7 Å². The standard InChI is InChI=1S/C15H31N3O2/c1-15(2)18(5-3-16-7-11-19-12-8-16)6-4-17-9-13-20-14-10-17/h15H,3-14H2,1-2H3. The van der Waals surface area contributed by atoms with E-state index in [2.05, 4.69) is 28.5 Å². The van der Waals surface area contributed by atoms with Crippen LogP contribution in [0.5, 0.6) is 0 Å². The predicted molar refractivity (Wildman–Crippen MR) is 81.2 cm³/mol. The molecule has 5 nitrogen and oxygen atoms in total. The van der Waals surface area contributed by atoms with Crippen LogP contribution >= 0.6 is 0 Å². The maximum absolute atomic E-state index is 5.41. The second kappa shape index (κ2) is 8.95. The SMILES string of the molecule is CC(C)N(CCN1CCOCC1)CCN1CCOCC1. The molecule has 0 aromatic heterocycles. The fraction of sp³-hybridized carbons (Fsp3) is 1.00. The van der Waals surface area contributed by atoms with Crippen LogP contribution in [0.2, 0.25) is 0 Å². The van der Waals surface area contributed by atoms with E-state index in [0.717, 1.165) is 52.6 Å². The lowest BCUT2D eigenvalue weighted by Crippen LogP contribution is -2.46. The zero-order chi connectivity index (χ0) is 14.2. The lowest BCUT2D eigenvalue weighted by atomic mass is 10.3. The van der Waals surface area contributed by atoms with Crippen molar-refractivity contribution in [3.63, 3.8) is 0 Å². The van der Waals surface area contributed by atoms with Crippen LogP contribution in [0.25, 0.3) is 0 Å². The molecule has 2 fully saturated rings. The molecule has 5 heteroatoms. The van der Waals surface area contributed by atoms with E-state index < -0.39 is 0 Å². The molecule has 0 aliphatic carbocycles. The zero-order valence-corrected chi connectivity index (χ0v) is 13.2. The topological polar surface area (TPSA) is 28.2 Å². The highest BCUT2D eigenvalue weighted by atomic mass is 16.5. The number of hydrogen-bond acceptors (Lipinski definition) is 5. The number of rotatable bonds is 7. The van der Waals surface area contributed by atoms with E-state index in [1.54, 1.807) is 0 Å². The van der Waals surface area contributed by atoms with Crippen LogP contribution in [-0.2, 0) is 9.47 Å². The first-order valence-electron chi connectivity index (χ1n) is 8.10. The van der Waals surface area contributed by atoms with Crippen molar-refractivity contribution in [2.75, 3.05) is 78.8 Å². The molecule has 0 N–H and O–H groups in total. The van der Waals surface area contributed by atoms with Gasteiger partial charge in [-0.3, -0.25) is 14.7 Å². The van der Waals surface area contributed by atoms with Gasteiger partial charge < -0.3 is 9.47 Å². The van der Waals surface area contributed by atoms with Gasteiger partial charge in [0.15, 0.2) is 0 Å². The summed E-state index contributed by atoms with van der Waals surface area (Å²) in [4.78, 5) is 7.64. The molecule has 0 bridgehead atoms. The summed E-state index contributed by atoms with van der Waals surface area (Å²) in [6.07, 6.45) is 0. The molecule has 0 radical (unpaired) electrons. The Balaban J connectivity index is 1.66.